The number of methoxy groups -OCH3 is 1. The maximum atomic E-state index is 11.1. The van der Waals surface area contributed by atoms with Gasteiger partial charge in [0.1, 0.15) is 11.6 Å². The van der Waals surface area contributed by atoms with Gasteiger partial charge in [0.05, 0.1) is 13.0 Å². The molecule has 0 radical (unpaired) electrons. The largest absolute Gasteiger partial charge is 0.496 e. The fraction of sp³-hybridized carbons (Fsp3) is 0.400. The maximum Gasteiger partial charge on any atom is 0.307 e. The highest BCUT2D eigenvalue weighted by molar-refractivity contribution is 5.70. The summed E-state index contributed by atoms with van der Waals surface area (Å²) in [6.45, 7) is 0.616. The molecule has 0 saturated heterocycles. The fourth-order valence-corrected chi connectivity index (χ4v) is 2.66. The van der Waals surface area contributed by atoms with E-state index in [4.69, 9.17) is 9.84 Å². The maximum absolute atomic E-state index is 11.1. The second kappa shape index (κ2) is 5.55. The number of aromatic nitrogens is 3. The molecule has 1 aromatic carbocycles. The van der Waals surface area contributed by atoms with Crippen molar-refractivity contribution < 1.29 is 14.6 Å². The molecule has 0 amide bonds. The number of hydrogen-bond donors (Lipinski definition) is 1. The molecule has 2 aromatic rings. The van der Waals surface area contributed by atoms with Crippen molar-refractivity contribution in [1.29, 1.82) is 0 Å². The molecule has 6 nitrogen and oxygen atoms in total. The topological polar surface area (TPSA) is 77.2 Å². The molecule has 1 aromatic heterocycles. The third-order valence-electron chi connectivity index (χ3n) is 3.80. The predicted octanol–water partition coefficient (Wildman–Crippen LogP) is 1.52. The van der Waals surface area contributed by atoms with Crippen molar-refractivity contribution in [2.45, 2.75) is 25.8 Å². The number of carboxylic acids is 1. The lowest BCUT2D eigenvalue weighted by Gasteiger charge is -2.17. The van der Waals surface area contributed by atoms with Crippen molar-refractivity contribution in [1.82, 2.24) is 14.8 Å². The molecule has 1 atom stereocenters. The second-order valence-electron chi connectivity index (χ2n) is 5.18. The van der Waals surface area contributed by atoms with Crippen LogP contribution in [-0.4, -0.2) is 33.0 Å². The second-order valence-corrected chi connectivity index (χ2v) is 5.18. The molecule has 1 N–H and O–H groups in total. The normalized spacial score (nSPS) is 17.3. The number of ether oxygens (including phenoxy) is 1. The number of nitrogens with zero attached hydrogens (tertiary/aromatic N) is 3. The Morgan fingerprint density at radius 2 is 2.29 bits per heavy atom. The van der Waals surface area contributed by atoms with Crippen LogP contribution in [0, 0.1) is 5.92 Å². The minimum absolute atomic E-state index is 0.346. The Hall–Kier alpha value is -2.37. The Morgan fingerprint density at radius 3 is 3.05 bits per heavy atom. The molecule has 0 spiro atoms. The minimum atomic E-state index is -0.754. The van der Waals surface area contributed by atoms with Crippen molar-refractivity contribution in [3.8, 4) is 5.75 Å². The number of fused-ring (bicyclic) bond motifs is 1. The molecule has 0 aliphatic carbocycles. The van der Waals surface area contributed by atoms with Crippen LogP contribution in [0.1, 0.15) is 23.6 Å². The summed E-state index contributed by atoms with van der Waals surface area (Å²) >= 11 is 0. The number of aryl methyl sites for hydroxylation is 1. The standard InChI is InChI=1S/C15H17N3O3/c1-21-12-5-3-2-4-10(12)8-13-16-14-9-11(15(19)20)6-7-18(14)17-13/h2-5,11H,6-9H2,1H3,(H,19,20). The van der Waals surface area contributed by atoms with Crippen LogP contribution in [0.5, 0.6) is 5.75 Å². The van der Waals surface area contributed by atoms with Gasteiger partial charge < -0.3 is 9.84 Å². The van der Waals surface area contributed by atoms with Gasteiger partial charge >= 0.3 is 5.97 Å². The molecule has 2 heterocycles. The third kappa shape index (κ3) is 2.74. The average molecular weight is 287 g/mol. The molecule has 6 heteroatoms. The number of benzene rings is 1. The molecule has 1 aliphatic rings. The van der Waals surface area contributed by atoms with Crippen LogP contribution in [0.2, 0.25) is 0 Å². The van der Waals surface area contributed by atoms with Crippen molar-refractivity contribution >= 4 is 5.97 Å². The van der Waals surface area contributed by atoms with Crippen LogP contribution in [0.4, 0.5) is 0 Å². The van der Waals surface area contributed by atoms with Crippen molar-refractivity contribution in [2.75, 3.05) is 7.11 Å². The summed E-state index contributed by atoms with van der Waals surface area (Å²) < 4.78 is 7.15. The van der Waals surface area contributed by atoms with E-state index in [1.807, 2.05) is 28.9 Å². The van der Waals surface area contributed by atoms with Gasteiger partial charge in [0.25, 0.3) is 0 Å². The van der Waals surface area contributed by atoms with Gasteiger partial charge in [-0.05, 0) is 12.5 Å². The summed E-state index contributed by atoms with van der Waals surface area (Å²) in [5, 5.41) is 13.6. The van der Waals surface area contributed by atoms with Gasteiger partial charge in [-0.25, -0.2) is 9.67 Å². The summed E-state index contributed by atoms with van der Waals surface area (Å²) in [5.74, 6) is 1.18. The van der Waals surface area contributed by atoms with Gasteiger partial charge in [-0.15, -0.1) is 0 Å². The number of para-hydroxylation sites is 1. The van der Waals surface area contributed by atoms with Gasteiger partial charge in [-0.3, -0.25) is 4.79 Å². The first kappa shape index (κ1) is 13.6. The Balaban J connectivity index is 1.81. The third-order valence-corrected chi connectivity index (χ3v) is 3.80. The molecule has 3 rings (SSSR count). The predicted molar refractivity (Wildman–Crippen MR) is 75.3 cm³/mol. The molecule has 21 heavy (non-hydrogen) atoms. The van der Waals surface area contributed by atoms with E-state index >= 15 is 0 Å². The first-order valence-corrected chi connectivity index (χ1v) is 6.94. The molecule has 110 valence electrons. The molecule has 1 aliphatic heterocycles. The number of carbonyl (C=O) groups is 1. The lowest BCUT2D eigenvalue weighted by molar-refractivity contribution is -0.142. The molecular weight excluding hydrogens is 270 g/mol. The van der Waals surface area contributed by atoms with Gasteiger partial charge in [0.15, 0.2) is 5.82 Å². The van der Waals surface area contributed by atoms with Crippen LogP contribution >= 0.6 is 0 Å². The highest BCUT2D eigenvalue weighted by Crippen LogP contribution is 2.22. The van der Waals surface area contributed by atoms with Crippen LogP contribution in [0.25, 0.3) is 0 Å². The molecule has 1 unspecified atom stereocenters. The van der Waals surface area contributed by atoms with E-state index in [9.17, 15) is 4.79 Å². The van der Waals surface area contributed by atoms with Crippen LogP contribution in [-0.2, 0) is 24.2 Å². The van der Waals surface area contributed by atoms with E-state index in [0.717, 1.165) is 17.1 Å². The molecule has 0 saturated carbocycles. The van der Waals surface area contributed by atoms with Gasteiger partial charge in [-0.1, -0.05) is 18.2 Å². The summed E-state index contributed by atoms with van der Waals surface area (Å²) in [6, 6.07) is 7.77. The number of carboxylic acid groups (broad SMARTS) is 1. The number of aliphatic carboxylic acids is 1. The van der Waals surface area contributed by atoms with Gasteiger partial charge in [-0.2, -0.15) is 5.10 Å². The first-order chi connectivity index (χ1) is 10.2. The van der Waals surface area contributed by atoms with E-state index in [-0.39, 0.29) is 5.92 Å². The Bertz CT molecular complexity index is 666. The van der Waals surface area contributed by atoms with Gasteiger partial charge in [0, 0.05) is 24.9 Å². The zero-order valence-corrected chi connectivity index (χ0v) is 11.8. The lowest BCUT2D eigenvalue weighted by atomic mass is 9.98. The van der Waals surface area contributed by atoms with Gasteiger partial charge in [0.2, 0.25) is 0 Å². The Morgan fingerprint density at radius 1 is 1.48 bits per heavy atom. The quantitative estimate of drug-likeness (QED) is 0.922. The van der Waals surface area contributed by atoms with Crippen molar-refractivity contribution in [2.24, 2.45) is 5.92 Å². The first-order valence-electron chi connectivity index (χ1n) is 6.94. The summed E-state index contributed by atoms with van der Waals surface area (Å²) in [5.41, 5.74) is 1.03. The smallest absolute Gasteiger partial charge is 0.307 e. The Labute approximate surface area is 122 Å². The molecule has 0 fully saturated rings. The monoisotopic (exact) mass is 287 g/mol. The van der Waals surface area contributed by atoms with Crippen molar-refractivity contribution in [3.05, 3.63) is 41.5 Å². The summed E-state index contributed by atoms with van der Waals surface area (Å²) in [7, 11) is 1.64. The van der Waals surface area contributed by atoms with E-state index in [2.05, 4.69) is 10.1 Å². The van der Waals surface area contributed by atoms with E-state index in [1.54, 1.807) is 7.11 Å². The number of hydrogen-bond acceptors (Lipinski definition) is 4. The van der Waals surface area contributed by atoms with E-state index < -0.39 is 5.97 Å². The highest BCUT2D eigenvalue weighted by Gasteiger charge is 2.26. The SMILES string of the molecule is COc1ccccc1Cc1nc2n(n1)CCC(C(=O)O)C2. The summed E-state index contributed by atoms with van der Waals surface area (Å²) in [6.07, 6.45) is 1.65. The lowest BCUT2D eigenvalue weighted by Crippen LogP contribution is -2.26. The van der Waals surface area contributed by atoms with Crippen molar-refractivity contribution in [3.63, 3.8) is 0 Å². The highest BCUT2D eigenvalue weighted by atomic mass is 16.5. The zero-order valence-electron chi connectivity index (χ0n) is 11.8. The van der Waals surface area contributed by atoms with E-state index in [0.29, 0.717) is 31.6 Å². The Kier molecular flexibility index (Phi) is 3.60. The molecular formula is C15H17N3O3. The zero-order chi connectivity index (χ0) is 14.8. The average Bonchev–Trinajstić information content (AvgIpc) is 2.89. The van der Waals surface area contributed by atoms with Crippen LogP contribution in [0.15, 0.2) is 24.3 Å². The fourth-order valence-electron chi connectivity index (χ4n) is 2.66. The number of rotatable bonds is 4. The molecule has 0 bridgehead atoms. The van der Waals surface area contributed by atoms with Crippen LogP contribution in [0.3, 0.4) is 0 Å². The summed E-state index contributed by atoms with van der Waals surface area (Å²) in [4.78, 5) is 15.6. The van der Waals surface area contributed by atoms with Crippen LogP contribution < -0.4 is 4.74 Å². The van der Waals surface area contributed by atoms with E-state index in [1.165, 1.54) is 0 Å². The minimum Gasteiger partial charge on any atom is -0.496 e.